The highest BCUT2D eigenvalue weighted by atomic mass is 32.2. The highest BCUT2D eigenvalue weighted by Gasteiger charge is 2.71. The van der Waals surface area contributed by atoms with E-state index < -0.39 is 27.2 Å². The van der Waals surface area contributed by atoms with E-state index in [1.807, 2.05) is 4.90 Å². The lowest BCUT2D eigenvalue weighted by atomic mass is 9.32. The minimum Gasteiger partial charge on any atom is -0.481 e. The van der Waals surface area contributed by atoms with Crippen LogP contribution >= 0.6 is 0 Å². The van der Waals surface area contributed by atoms with Crippen LogP contribution in [0.2, 0.25) is 0 Å². The highest BCUT2D eigenvalue weighted by molar-refractivity contribution is 7.90. The van der Waals surface area contributed by atoms with Crippen molar-refractivity contribution in [2.24, 2.45) is 68.0 Å². The van der Waals surface area contributed by atoms with Gasteiger partial charge in [0.1, 0.15) is 15.9 Å². The molecule has 8 nitrogen and oxygen atoms in total. The van der Waals surface area contributed by atoms with Gasteiger partial charge in [-0.05, 0) is 149 Å². The number of carbonyl (C=O) groups excluding carboxylic acids is 2. The van der Waals surface area contributed by atoms with Crippen molar-refractivity contribution in [1.82, 2.24) is 4.90 Å². The Balaban J connectivity index is 1.23. The zero-order chi connectivity index (χ0) is 38.4. The molecule has 52 heavy (non-hydrogen) atoms. The van der Waals surface area contributed by atoms with Crippen molar-refractivity contribution in [3.8, 4) is 0 Å². The number of hydrogen-bond donors (Lipinski definition) is 1. The molecule has 0 spiro atoms. The van der Waals surface area contributed by atoms with E-state index in [0.29, 0.717) is 49.1 Å². The number of esters is 1. The molecule has 294 valence electrons. The highest BCUT2D eigenvalue weighted by Crippen LogP contribution is 2.78. The molecule has 1 saturated heterocycles. The van der Waals surface area contributed by atoms with E-state index in [0.717, 1.165) is 57.8 Å². The number of carboxylic acids is 1. The minimum absolute atomic E-state index is 0.0246. The summed E-state index contributed by atoms with van der Waals surface area (Å²) in [6.07, 6.45) is 13.1. The SMILES string of the molecule is C=C(C)[C@@H]1CC[C@]2(CC(=O)N3CC[C@H](CS(C)(=O)=O)C3)CC[C@]3(C)[C@H](CC[C@@H]4[C@@]5(C)CCC(OC(=O)CC(C)(C)C(=O)O)C(C)(C)[C@@H]5CC[C@]43C)[C@@H]12. The molecule has 0 aromatic rings. The molecular weight excluding hydrogens is 675 g/mol. The maximum atomic E-state index is 14.1. The number of carbonyl (C=O) groups is 3. The van der Waals surface area contributed by atoms with E-state index in [1.165, 1.54) is 24.7 Å². The molecule has 6 aliphatic rings. The van der Waals surface area contributed by atoms with E-state index in [2.05, 4.69) is 48.1 Å². The largest absolute Gasteiger partial charge is 0.481 e. The van der Waals surface area contributed by atoms with Crippen LogP contribution < -0.4 is 0 Å². The van der Waals surface area contributed by atoms with Gasteiger partial charge in [0.15, 0.2) is 0 Å². The van der Waals surface area contributed by atoms with Crippen molar-refractivity contribution in [3.05, 3.63) is 12.2 Å². The number of carboxylic acid groups (broad SMARTS) is 1. The number of rotatable bonds is 9. The van der Waals surface area contributed by atoms with Crippen LogP contribution in [0.5, 0.6) is 0 Å². The molecule has 1 heterocycles. The second-order valence-electron chi connectivity index (χ2n) is 21.0. The lowest BCUT2D eigenvalue weighted by Crippen LogP contribution is -2.67. The summed E-state index contributed by atoms with van der Waals surface area (Å²) in [5.74, 6) is 1.38. The number of nitrogens with zero attached hydrogens (tertiary/aromatic N) is 1. The molecule has 0 radical (unpaired) electrons. The normalized spacial score (nSPS) is 42.7. The van der Waals surface area contributed by atoms with Crippen LogP contribution in [0.25, 0.3) is 0 Å². The molecule has 11 atom stereocenters. The first kappa shape index (κ1) is 39.8. The Bertz CT molecular complexity index is 1580. The van der Waals surface area contributed by atoms with Gasteiger partial charge >= 0.3 is 11.9 Å². The summed E-state index contributed by atoms with van der Waals surface area (Å²) in [7, 11) is -3.07. The van der Waals surface area contributed by atoms with Crippen molar-refractivity contribution < 1.29 is 32.6 Å². The third kappa shape index (κ3) is 6.40. The average Bonchev–Trinajstić information content (AvgIpc) is 3.63. The Morgan fingerprint density at radius 1 is 0.885 bits per heavy atom. The van der Waals surface area contributed by atoms with E-state index in [-0.39, 0.29) is 57.2 Å². The third-order valence-corrected chi connectivity index (χ3v) is 18.4. The zero-order valence-corrected chi connectivity index (χ0v) is 34.6. The lowest BCUT2D eigenvalue weighted by molar-refractivity contribution is -0.250. The van der Waals surface area contributed by atoms with Crippen LogP contribution in [0.3, 0.4) is 0 Å². The summed E-state index contributed by atoms with van der Waals surface area (Å²) in [5.41, 5.74) is 0.270. The Morgan fingerprint density at radius 3 is 2.21 bits per heavy atom. The van der Waals surface area contributed by atoms with E-state index in [4.69, 9.17) is 4.74 Å². The second kappa shape index (κ2) is 13.1. The molecule has 5 aliphatic carbocycles. The standard InChI is InChI=1S/C43H69NO7S/c1-27(2)29-13-19-43(23-34(45)44-22-16-28(25-44)26-52(10,49)50)21-20-41(8)30(36(29)43)11-12-32-40(7)17-15-33(51-35(46)24-38(3,4)37(47)48)39(5,6)31(40)14-18-42(32,41)9/h28-33,36H,1,11-26H2,2-10H3,(H,47,48)/t28-,29-,30+,31-,32+,33?,36+,40-,41+,42+,43+/m0/s1. The maximum Gasteiger partial charge on any atom is 0.309 e. The number of allylic oxidation sites excluding steroid dienone is 1. The number of fused-ring (bicyclic) bond motifs is 7. The van der Waals surface area contributed by atoms with Crippen molar-refractivity contribution in [2.45, 2.75) is 145 Å². The molecule has 9 heteroatoms. The summed E-state index contributed by atoms with van der Waals surface area (Å²) >= 11 is 0. The third-order valence-electron chi connectivity index (χ3n) is 17.3. The first-order chi connectivity index (χ1) is 23.9. The summed E-state index contributed by atoms with van der Waals surface area (Å²) in [5, 5.41) is 9.61. The number of amides is 1. The van der Waals surface area contributed by atoms with E-state index in [1.54, 1.807) is 13.8 Å². The van der Waals surface area contributed by atoms with Crippen molar-refractivity contribution in [2.75, 3.05) is 25.1 Å². The van der Waals surface area contributed by atoms with Gasteiger partial charge in [-0.3, -0.25) is 14.4 Å². The maximum absolute atomic E-state index is 14.1. The van der Waals surface area contributed by atoms with Crippen LogP contribution in [-0.2, 0) is 29.0 Å². The number of likely N-dealkylation sites (tertiary alicyclic amines) is 1. The van der Waals surface area contributed by atoms with Gasteiger partial charge in [0.05, 0.1) is 17.6 Å². The second-order valence-corrected chi connectivity index (χ2v) is 23.2. The van der Waals surface area contributed by atoms with Gasteiger partial charge in [0.25, 0.3) is 0 Å². The fourth-order valence-corrected chi connectivity index (χ4v) is 15.6. The Hall–Kier alpha value is -1.90. The van der Waals surface area contributed by atoms with Crippen LogP contribution in [0.4, 0.5) is 0 Å². The van der Waals surface area contributed by atoms with Crippen molar-refractivity contribution in [1.29, 1.82) is 0 Å². The first-order valence-electron chi connectivity index (χ1n) is 20.4. The number of aliphatic carboxylic acids is 1. The smallest absolute Gasteiger partial charge is 0.309 e. The predicted molar refractivity (Wildman–Crippen MR) is 204 cm³/mol. The quantitative estimate of drug-likeness (QED) is 0.186. The summed E-state index contributed by atoms with van der Waals surface area (Å²) in [4.78, 5) is 40.9. The van der Waals surface area contributed by atoms with E-state index in [9.17, 15) is 27.9 Å². The molecule has 1 unspecified atom stereocenters. The van der Waals surface area contributed by atoms with Gasteiger partial charge in [0.2, 0.25) is 5.91 Å². The Morgan fingerprint density at radius 2 is 1.58 bits per heavy atom. The molecule has 1 amide bonds. The molecule has 0 bridgehead atoms. The van der Waals surface area contributed by atoms with Crippen LogP contribution in [0, 0.1) is 68.0 Å². The van der Waals surface area contributed by atoms with Crippen LogP contribution in [0.1, 0.15) is 139 Å². The number of ether oxygens (including phenoxy) is 1. The molecule has 6 rings (SSSR count). The molecule has 0 aromatic carbocycles. The zero-order valence-electron chi connectivity index (χ0n) is 33.8. The molecule has 6 fully saturated rings. The van der Waals surface area contributed by atoms with Crippen LogP contribution in [0.15, 0.2) is 12.2 Å². The molecule has 0 aromatic heterocycles. The first-order valence-corrected chi connectivity index (χ1v) is 22.5. The predicted octanol–water partition coefficient (Wildman–Crippen LogP) is 8.34. The van der Waals surface area contributed by atoms with Crippen LogP contribution in [-0.4, -0.2) is 67.5 Å². The van der Waals surface area contributed by atoms with Gasteiger partial charge in [-0.15, -0.1) is 0 Å². The summed E-state index contributed by atoms with van der Waals surface area (Å²) in [6, 6.07) is 0. The monoisotopic (exact) mass is 743 g/mol. The minimum atomic E-state index is -3.07. The van der Waals surface area contributed by atoms with Gasteiger partial charge < -0.3 is 14.7 Å². The average molecular weight is 744 g/mol. The number of hydrogen-bond acceptors (Lipinski definition) is 6. The van der Waals surface area contributed by atoms with E-state index >= 15 is 0 Å². The fraction of sp³-hybridized carbons (Fsp3) is 0.884. The summed E-state index contributed by atoms with van der Waals surface area (Å²) in [6.45, 7) is 23.5. The number of sulfone groups is 1. The Kier molecular flexibility index (Phi) is 10.0. The molecular formula is C43H69NO7S. The van der Waals surface area contributed by atoms with Gasteiger partial charge in [0, 0.05) is 31.2 Å². The van der Waals surface area contributed by atoms with Gasteiger partial charge in [-0.25, -0.2) is 8.42 Å². The molecule has 5 saturated carbocycles. The Labute approximate surface area is 314 Å². The van der Waals surface area contributed by atoms with Gasteiger partial charge in [-0.2, -0.15) is 0 Å². The van der Waals surface area contributed by atoms with Crippen molar-refractivity contribution in [3.63, 3.8) is 0 Å². The van der Waals surface area contributed by atoms with Crippen molar-refractivity contribution >= 4 is 27.7 Å². The molecule has 1 aliphatic heterocycles. The molecule has 1 N–H and O–H groups in total. The lowest BCUT2D eigenvalue weighted by Gasteiger charge is -2.73. The fourth-order valence-electron chi connectivity index (χ4n) is 14.4. The topological polar surface area (TPSA) is 118 Å². The van der Waals surface area contributed by atoms with Gasteiger partial charge in [-0.1, -0.05) is 46.8 Å². The summed E-state index contributed by atoms with van der Waals surface area (Å²) < 4.78 is 30.2.